The number of amides is 1. The average Bonchev–Trinajstić information content (AvgIpc) is 2.65. The van der Waals surface area contributed by atoms with Gasteiger partial charge in [0, 0.05) is 6.54 Å². The molecule has 2 rings (SSSR count). The van der Waals surface area contributed by atoms with Gasteiger partial charge in [0.1, 0.15) is 11.9 Å². The highest BCUT2D eigenvalue weighted by atomic mass is 32.2. The molecule has 0 fully saturated rings. The molecule has 0 radical (unpaired) electrons. The van der Waals surface area contributed by atoms with Crippen LogP contribution in [0.25, 0.3) is 0 Å². The van der Waals surface area contributed by atoms with Crippen molar-refractivity contribution in [1.29, 1.82) is 5.26 Å². The normalized spacial score (nSPS) is 12.7. The van der Waals surface area contributed by atoms with E-state index in [1.807, 2.05) is 19.9 Å². The molecule has 0 saturated heterocycles. The molecule has 1 atom stereocenters. The molecule has 0 aromatic heterocycles. The number of benzene rings is 2. The van der Waals surface area contributed by atoms with Crippen molar-refractivity contribution in [3.63, 3.8) is 0 Å². The fourth-order valence-electron chi connectivity index (χ4n) is 2.79. The molecule has 8 heteroatoms. The van der Waals surface area contributed by atoms with Crippen molar-refractivity contribution in [2.45, 2.75) is 37.8 Å². The van der Waals surface area contributed by atoms with Gasteiger partial charge in [-0.15, -0.1) is 0 Å². The number of halogens is 1. The molecular formula is C20H22FN3O3S. The summed E-state index contributed by atoms with van der Waals surface area (Å²) in [6, 6.07) is 11.7. The second-order valence-electron chi connectivity index (χ2n) is 6.86. The Hall–Kier alpha value is -2.76. The standard InChI is InChI=1S/C20H22FN3O3S/c1-14(2)11-19(20(23)25)24(13-16-5-3-15(12-22)4-6-16)28(26,27)18-9-7-17(21)8-10-18/h3-10,14,19H,11,13H2,1-2H3,(H2,23,25)/t19-/m1/s1. The second kappa shape index (κ2) is 8.95. The third-order valence-electron chi connectivity index (χ3n) is 4.21. The predicted octanol–water partition coefficient (Wildman–Crippen LogP) is 2.79. The van der Waals surface area contributed by atoms with E-state index >= 15 is 0 Å². The smallest absolute Gasteiger partial charge is 0.244 e. The largest absolute Gasteiger partial charge is 0.368 e. The summed E-state index contributed by atoms with van der Waals surface area (Å²) in [5.41, 5.74) is 6.57. The predicted molar refractivity (Wildman–Crippen MR) is 103 cm³/mol. The van der Waals surface area contributed by atoms with E-state index in [0.29, 0.717) is 11.1 Å². The minimum absolute atomic E-state index is 0.0179. The molecule has 2 aromatic rings. The lowest BCUT2D eigenvalue weighted by molar-refractivity contribution is -0.122. The van der Waals surface area contributed by atoms with Crippen molar-refractivity contribution < 1.29 is 17.6 Å². The maximum Gasteiger partial charge on any atom is 0.244 e. The molecule has 0 aliphatic rings. The lowest BCUT2D eigenvalue weighted by Gasteiger charge is -2.30. The molecule has 0 aliphatic carbocycles. The number of primary amides is 1. The van der Waals surface area contributed by atoms with Gasteiger partial charge in [-0.05, 0) is 54.3 Å². The fraction of sp³-hybridized carbons (Fsp3) is 0.300. The minimum atomic E-state index is -4.12. The maximum absolute atomic E-state index is 13.2. The number of carbonyl (C=O) groups is 1. The van der Waals surface area contributed by atoms with Crippen LogP contribution in [0.15, 0.2) is 53.4 Å². The lowest BCUT2D eigenvalue weighted by atomic mass is 10.0. The van der Waals surface area contributed by atoms with Gasteiger partial charge in [0.2, 0.25) is 15.9 Å². The molecule has 0 bridgehead atoms. The molecule has 2 aromatic carbocycles. The average molecular weight is 403 g/mol. The first-order valence-electron chi connectivity index (χ1n) is 8.71. The monoisotopic (exact) mass is 403 g/mol. The third kappa shape index (κ3) is 5.15. The van der Waals surface area contributed by atoms with Gasteiger partial charge >= 0.3 is 0 Å². The van der Waals surface area contributed by atoms with Crippen LogP contribution in [0.1, 0.15) is 31.4 Å². The Morgan fingerprint density at radius 3 is 2.18 bits per heavy atom. The summed E-state index contributed by atoms with van der Waals surface area (Å²) >= 11 is 0. The van der Waals surface area contributed by atoms with Crippen molar-refractivity contribution in [2.75, 3.05) is 0 Å². The molecule has 2 N–H and O–H groups in total. The van der Waals surface area contributed by atoms with Gasteiger partial charge in [-0.25, -0.2) is 12.8 Å². The third-order valence-corrected chi connectivity index (χ3v) is 6.08. The van der Waals surface area contributed by atoms with Crippen LogP contribution in [0.4, 0.5) is 4.39 Å². The molecule has 6 nitrogen and oxygen atoms in total. The first-order valence-corrected chi connectivity index (χ1v) is 10.1. The molecule has 0 spiro atoms. The number of hydrogen-bond donors (Lipinski definition) is 1. The first kappa shape index (κ1) is 21.5. The summed E-state index contributed by atoms with van der Waals surface area (Å²) in [4.78, 5) is 12.0. The van der Waals surface area contributed by atoms with E-state index in [2.05, 4.69) is 0 Å². The zero-order valence-electron chi connectivity index (χ0n) is 15.7. The van der Waals surface area contributed by atoms with Crippen molar-refractivity contribution in [2.24, 2.45) is 11.7 Å². The Bertz CT molecular complexity index is 965. The molecule has 148 valence electrons. The molecule has 28 heavy (non-hydrogen) atoms. The number of nitrogens with two attached hydrogens (primary N) is 1. The van der Waals surface area contributed by atoms with Crippen LogP contribution in [0.2, 0.25) is 0 Å². The van der Waals surface area contributed by atoms with Crippen molar-refractivity contribution >= 4 is 15.9 Å². The van der Waals surface area contributed by atoms with E-state index in [-0.39, 0.29) is 23.8 Å². The fourth-order valence-corrected chi connectivity index (χ4v) is 4.39. The zero-order valence-corrected chi connectivity index (χ0v) is 16.5. The van der Waals surface area contributed by atoms with Gasteiger partial charge < -0.3 is 5.73 Å². The molecule has 1 amide bonds. The summed E-state index contributed by atoms with van der Waals surface area (Å²) in [5.74, 6) is -1.30. The van der Waals surface area contributed by atoms with Gasteiger partial charge in [-0.1, -0.05) is 26.0 Å². The Balaban J connectivity index is 2.51. The van der Waals surface area contributed by atoms with Gasteiger partial charge in [-0.2, -0.15) is 9.57 Å². The first-order chi connectivity index (χ1) is 13.1. The van der Waals surface area contributed by atoms with Crippen LogP contribution in [-0.4, -0.2) is 24.7 Å². The van der Waals surface area contributed by atoms with Crippen LogP contribution < -0.4 is 5.73 Å². The van der Waals surface area contributed by atoms with E-state index in [4.69, 9.17) is 11.0 Å². The zero-order chi connectivity index (χ0) is 20.9. The van der Waals surface area contributed by atoms with Crippen molar-refractivity contribution in [3.8, 4) is 6.07 Å². The minimum Gasteiger partial charge on any atom is -0.368 e. The Kier molecular flexibility index (Phi) is 6.89. The van der Waals surface area contributed by atoms with Gasteiger partial charge in [0.05, 0.1) is 16.5 Å². The van der Waals surface area contributed by atoms with Crippen LogP contribution in [0.3, 0.4) is 0 Å². The highest BCUT2D eigenvalue weighted by molar-refractivity contribution is 7.89. The van der Waals surface area contributed by atoms with E-state index in [9.17, 15) is 17.6 Å². The van der Waals surface area contributed by atoms with E-state index in [0.717, 1.165) is 28.6 Å². The molecule has 0 saturated carbocycles. The molecule has 0 unspecified atom stereocenters. The maximum atomic E-state index is 13.2. The molecule has 0 aliphatic heterocycles. The number of rotatable bonds is 8. The van der Waals surface area contributed by atoms with Crippen LogP contribution in [0, 0.1) is 23.1 Å². The van der Waals surface area contributed by atoms with E-state index in [1.165, 1.54) is 0 Å². The number of sulfonamides is 1. The second-order valence-corrected chi connectivity index (χ2v) is 8.75. The van der Waals surface area contributed by atoms with E-state index in [1.54, 1.807) is 24.3 Å². The SMILES string of the molecule is CC(C)C[C@H](C(N)=O)N(Cc1ccc(C#N)cc1)S(=O)(=O)c1ccc(F)cc1. The highest BCUT2D eigenvalue weighted by Crippen LogP contribution is 2.25. The quantitative estimate of drug-likeness (QED) is 0.732. The topological polar surface area (TPSA) is 104 Å². The molecule has 0 heterocycles. The summed E-state index contributed by atoms with van der Waals surface area (Å²) in [6.45, 7) is 3.62. The van der Waals surface area contributed by atoms with Crippen LogP contribution in [-0.2, 0) is 21.4 Å². The van der Waals surface area contributed by atoms with Crippen LogP contribution in [0.5, 0.6) is 0 Å². The van der Waals surface area contributed by atoms with Gasteiger partial charge in [-0.3, -0.25) is 4.79 Å². The van der Waals surface area contributed by atoms with Gasteiger partial charge in [0.15, 0.2) is 0 Å². The molecular weight excluding hydrogens is 381 g/mol. The number of nitrogens with zero attached hydrogens (tertiary/aromatic N) is 2. The summed E-state index contributed by atoms with van der Waals surface area (Å²) in [6.07, 6.45) is 0.242. The Morgan fingerprint density at radius 1 is 1.14 bits per heavy atom. The highest BCUT2D eigenvalue weighted by Gasteiger charge is 2.35. The van der Waals surface area contributed by atoms with E-state index < -0.39 is 27.8 Å². The lowest BCUT2D eigenvalue weighted by Crippen LogP contribution is -2.48. The number of nitriles is 1. The van der Waals surface area contributed by atoms with Crippen molar-refractivity contribution in [1.82, 2.24) is 4.31 Å². The summed E-state index contributed by atoms with van der Waals surface area (Å²) in [5, 5.41) is 8.92. The Morgan fingerprint density at radius 2 is 1.71 bits per heavy atom. The number of hydrogen-bond acceptors (Lipinski definition) is 4. The number of carbonyl (C=O) groups excluding carboxylic acids is 1. The summed E-state index contributed by atoms with van der Waals surface area (Å²) in [7, 11) is -4.12. The van der Waals surface area contributed by atoms with Gasteiger partial charge in [0.25, 0.3) is 0 Å². The Labute approximate surface area is 164 Å². The summed E-state index contributed by atoms with van der Waals surface area (Å²) < 4.78 is 40.8. The van der Waals surface area contributed by atoms with Crippen molar-refractivity contribution in [3.05, 3.63) is 65.5 Å². The van der Waals surface area contributed by atoms with Crippen LogP contribution >= 0.6 is 0 Å².